The monoisotopic (exact) mass is 291 g/mol. The summed E-state index contributed by atoms with van der Waals surface area (Å²) in [5.74, 6) is -0.210. The van der Waals surface area contributed by atoms with E-state index in [1.165, 1.54) is 6.07 Å². The van der Waals surface area contributed by atoms with Crippen molar-refractivity contribution >= 4 is 21.4 Å². The average molecular weight is 292 g/mol. The Balaban J connectivity index is 2.08. The molecule has 1 aromatic rings. The Morgan fingerprint density at radius 3 is 2.83 bits per heavy atom. The average Bonchev–Trinajstić information content (AvgIpc) is 2.65. The summed E-state index contributed by atoms with van der Waals surface area (Å²) in [4.78, 5) is 0. The molecule has 1 saturated heterocycles. The summed E-state index contributed by atoms with van der Waals surface area (Å²) in [5.41, 5.74) is 6.64. The van der Waals surface area contributed by atoms with Crippen LogP contribution in [0.25, 0.3) is 0 Å². The van der Waals surface area contributed by atoms with E-state index in [2.05, 4.69) is 0 Å². The maximum atomic E-state index is 13.3. The molecule has 0 aliphatic carbocycles. The molecule has 1 fully saturated rings. The molecule has 2 N–H and O–H groups in total. The van der Waals surface area contributed by atoms with Gasteiger partial charge in [0.2, 0.25) is 0 Å². The molecule has 0 bridgehead atoms. The smallest absolute Gasteiger partial charge is 0.150 e. The van der Waals surface area contributed by atoms with Crippen LogP contribution in [0.5, 0.6) is 0 Å². The number of nitrogens with two attached hydrogens (primary N) is 1. The molecule has 1 aliphatic heterocycles. The van der Waals surface area contributed by atoms with Crippen molar-refractivity contribution in [2.75, 3.05) is 11.5 Å². The fourth-order valence-electron chi connectivity index (χ4n) is 2.29. The SMILES string of the molecule is NC(Cc1cccc(F)c1Cl)C1CCS(=O)(=O)C1. The molecule has 6 heteroatoms. The van der Waals surface area contributed by atoms with E-state index < -0.39 is 15.7 Å². The second-order valence-corrected chi connectivity index (χ2v) is 7.35. The van der Waals surface area contributed by atoms with Gasteiger partial charge in [0.1, 0.15) is 5.82 Å². The number of hydrogen-bond acceptors (Lipinski definition) is 3. The second-order valence-electron chi connectivity index (χ2n) is 4.74. The number of hydrogen-bond donors (Lipinski definition) is 1. The van der Waals surface area contributed by atoms with E-state index in [-0.39, 0.29) is 28.5 Å². The third-order valence-electron chi connectivity index (χ3n) is 3.36. The fourth-order valence-corrected chi connectivity index (χ4v) is 4.39. The highest BCUT2D eigenvalue weighted by Crippen LogP contribution is 2.26. The highest BCUT2D eigenvalue weighted by atomic mass is 35.5. The predicted octanol–water partition coefficient (Wildman–Crippen LogP) is 1.78. The van der Waals surface area contributed by atoms with Gasteiger partial charge in [-0.2, -0.15) is 0 Å². The Morgan fingerprint density at radius 1 is 1.50 bits per heavy atom. The second kappa shape index (κ2) is 5.15. The van der Waals surface area contributed by atoms with E-state index in [4.69, 9.17) is 17.3 Å². The van der Waals surface area contributed by atoms with Gasteiger partial charge in [-0.25, -0.2) is 12.8 Å². The Kier molecular flexibility index (Phi) is 3.94. The first kappa shape index (κ1) is 13.8. The van der Waals surface area contributed by atoms with Crippen LogP contribution in [0.4, 0.5) is 4.39 Å². The molecule has 2 unspecified atom stereocenters. The zero-order valence-corrected chi connectivity index (χ0v) is 11.3. The summed E-state index contributed by atoms with van der Waals surface area (Å²) in [6.45, 7) is 0. The minimum atomic E-state index is -2.94. The summed E-state index contributed by atoms with van der Waals surface area (Å²) >= 11 is 5.85. The molecule has 2 rings (SSSR count). The molecule has 0 saturated carbocycles. The van der Waals surface area contributed by atoms with Crippen LogP contribution in [-0.2, 0) is 16.3 Å². The van der Waals surface area contributed by atoms with Gasteiger partial charge in [0, 0.05) is 6.04 Å². The van der Waals surface area contributed by atoms with Gasteiger partial charge >= 0.3 is 0 Å². The molecule has 100 valence electrons. The Hall–Kier alpha value is -0.650. The summed E-state index contributed by atoms with van der Waals surface area (Å²) in [7, 11) is -2.94. The highest BCUT2D eigenvalue weighted by Gasteiger charge is 2.32. The normalized spacial score (nSPS) is 24.1. The van der Waals surface area contributed by atoms with Crippen molar-refractivity contribution in [2.24, 2.45) is 11.7 Å². The van der Waals surface area contributed by atoms with Gasteiger partial charge in [-0.05, 0) is 30.4 Å². The van der Waals surface area contributed by atoms with Crippen molar-refractivity contribution in [3.63, 3.8) is 0 Å². The molecular weight excluding hydrogens is 277 g/mol. The van der Waals surface area contributed by atoms with Crippen molar-refractivity contribution in [3.8, 4) is 0 Å². The summed E-state index contributed by atoms with van der Waals surface area (Å²) in [5, 5.41) is 0.0776. The van der Waals surface area contributed by atoms with Gasteiger partial charge in [-0.15, -0.1) is 0 Å². The fraction of sp³-hybridized carbons (Fsp3) is 0.500. The van der Waals surface area contributed by atoms with Gasteiger partial charge < -0.3 is 5.73 Å². The molecule has 1 aromatic carbocycles. The first-order valence-electron chi connectivity index (χ1n) is 5.78. The molecule has 1 heterocycles. The quantitative estimate of drug-likeness (QED) is 0.923. The lowest BCUT2D eigenvalue weighted by molar-refractivity contribution is 0.460. The molecule has 0 radical (unpaired) electrons. The largest absolute Gasteiger partial charge is 0.327 e. The van der Waals surface area contributed by atoms with Crippen molar-refractivity contribution < 1.29 is 12.8 Å². The van der Waals surface area contributed by atoms with Crippen LogP contribution in [0.3, 0.4) is 0 Å². The van der Waals surface area contributed by atoms with Crippen molar-refractivity contribution in [1.82, 2.24) is 0 Å². The predicted molar refractivity (Wildman–Crippen MR) is 69.9 cm³/mol. The van der Waals surface area contributed by atoms with Gasteiger partial charge in [-0.3, -0.25) is 0 Å². The standard InChI is InChI=1S/C12H15ClFNO2S/c13-12-8(2-1-3-10(12)14)6-11(15)9-4-5-18(16,17)7-9/h1-3,9,11H,4-7,15H2. The lowest BCUT2D eigenvalue weighted by Gasteiger charge is -2.18. The van der Waals surface area contributed by atoms with E-state index in [1.54, 1.807) is 12.1 Å². The minimum Gasteiger partial charge on any atom is -0.327 e. The van der Waals surface area contributed by atoms with E-state index in [9.17, 15) is 12.8 Å². The lowest BCUT2D eigenvalue weighted by Crippen LogP contribution is -2.33. The van der Waals surface area contributed by atoms with Crippen LogP contribution >= 0.6 is 11.6 Å². The summed E-state index contributed by atoms with van der Waals surface area (Å²) < 4.78 is 36.0. The summed E-state index contributed by atoms with van der Waals surface area (Å²) in [6, 6.07) is 4.28. The summed E-state index contributed by atoms with van der Waals surface area (Å²) in [6.07, 6.45) is 0.979. The third-order valence-corrected chi connectivity index (χ3v) is 5.58. The number of halogens is 2. The lowest BCUT2D eigenvalue weighted by atomic mass is 9.94. The number of benzene rings is 1. The van der Waals surface area contributed by atoms with Crippen LogP contribution < -0.4 is 5.73 Å². The van der Waals surface area contributed by atoms with E-state index in [1.807, 2.05) is 0 Å². The molecule has 2 atom stereocenters. The number of sulfone groups is 1. The van der Waals surface area contributed by atoms with Crippen molar-refractivity contribution in [2.45, 2.75) is 18.9 Å². The molecule has 3 nitrogen and oxygen atoms in total. The van der Waals surface area contributed by atoms with Crippen LogP contribution in [-0.4, -0.2) is 26.0 Å². The first-order valence-corrected chi connectivity index (χ1v) is 7.98. The van der Waals surface area contributed by atoms with Crippen molar-refractivity contribution in [3.05, 3.63) is 34.6 Å². The maximum Gasteiger partial charge on any atom is 0.150 e. The van der Waals surface area contributed by atoms with Gasteiger partial charge in [0.15, 0.2) is 9.84 Å². The van der Waals surface area contributed by atoms with Crippen LogP contribution in [0.1, 0.15) is 12.0 Å². The number of rotatable bonds is 3. The van der Waals surface area contributed by atoms with Crippen LogP contribution in [0.15, 0.2) is 18.2 Å². The van der Waals surface area contributed by atoms with Gasteiger partial charge in [0.25, 0.3) is 0 Å². The maximum absolute atomic E-state index is 13.3. The topological polar surface area (TPSA) is 60.2 Å². The first-order chi connectivity index (χ1) is 8.39. The molecule has 0 aromatic heterocycles. The molecular formula is C12H15ClFNO2S. The minimum absolute atomic E-state index is 0.0608. The van der Waals surface area contributed by atoms with Crippen LogP contribution in [0.2, 0.25) is 5.02 Å². The van der Waals surface area contributed by atoms with E-state index in [0.717, 1.165) is 0 Å². The molecule has 18 heavy (non-hydrogen) atoms. The molecule has 1 aliphatic rings. The zero-order valence-electron chi connectivity index (χ0n) is 9.77. The van der Waals surface area contributed by atoms with Crippen molar-refractivity contribution in [1.29, 1.82) is 0 Å². The molecule has 0 spiro atoms. The Bertz CT molecular complexity index is 547. The van der Waals surface area contributed by atoms with E-state index >= 15 is 0 Å². The van der Waals surface area contributed by atoms with Gasteiger partial charge in [0.05, 0.1) is 16.5 Å². The Morgan fingerprint density at radius 2 is 2.22 bits per heavy atom. The van der Waals surface area contributed by atoms with Crippen LogP contribution in [0, 0.1) is 11.7 Å². The van der Waals surface area contributed by atoms with E-state index in [0.29, 0.717) is 18.4 Å². The highest BCUT2D eigenvalue weighted by molar-refractivity contribution is 7.91. The van der Waals surface area contributed by atoms with Gasteiger partial charge in [-0.1, -0.05) is 23.7 Å². The zero-order chi connectivity index (χ0) is 13.3. The molecule has 0 amide bonds. The Labute approximate surface area is 111 Å². The third kappa shape index (κ3) is 3.02.